The number of nitrogens with one attached hydrogen (secondary N) is 2. The van der Waals surface area contributed by atoms with Crippen molar-refractivity contribution in [2.24, 2.45) is 35.1 Å². The molecule has 5 aromatic carbocycles. The topological polar surface area (TPSA) is 382 Å². The summed E-state index contributed by atoms with van der Waals surface area (Å²) in [6.07, 6.45) is 7.42. The van der Waals surface area contributed by atoms with Gasteiger partial charge >= 0.3 is 94.4 Å². The molecule has 0 radical (unpaired) electrons. The Morgan fingerprint density at radius 1 is 0.683 bits per heavy atom. The molecule has 2 saturated heterocycles. The zero-order chi connectivity index (χ0) is 77.7. The maximum Gasteiger partial charge on any atom is 0.411 e. The van der Waals surface area contributed by atoms with Crippen LogP contribution in [0.4, 0.5) is 27.2 Å². The molecule has 23 nitrogen and oxygen atoms in total. The number of benzene rings is 5. The van der Waals surface area contributed by atoms with Crippen LogP contribution in [0, 0.1) is 55.3 Å². The summed E-state index contributed by atoms with van der Waals surface area (Å²) < 4.78 is 97.8. The zero-order valence-electron chi connectivity index (χ0n) is 60.2. The Labute approximate surface area is 627 Å². The average Bonchev–Trinajstić information content (AvgIpc) is 1.58. The number of halogens is 7. The van der Waals surface area contributed by atoms with Gasteiger partial charge in [0.2, 0.25) is 5.91 Å². The molecule has 4 aliphatic carbocycles. The molecular formula is C72H94Cl2F4IN8O15S2-. The van der Waals surface area contributed by atoms with Crippen LogP contribution in [0.1, 0.15) is 171 Å². The van der Waals surface area contributed by atoms with Gasteiger partial charge in [0.1, 0.15) is 41.0 Å². The molecule has 6 aliphatic rings. The quantitative estimate of drug-likeness (QED) is 0.0308. The van der Waals surface area contributed by atoms with Gasteiger partial charge < -0.3 is 52.8 Å². The largest absolute Gasteiger partial charge is 0.480 e. The number of carboxylic acids is 2. The van der Waals surface area contributed by atoms with Crippen molar-refractivity contribution < 1.29 is 109 Å². The van der Waals surface area contributed by atoms with E-state index in [1.807, 2.05) is 76.8 Å². The number of ether oxygens (including phenoxy) is 1. The first-order valence-electron chi connectivity index (χ1n) is 32.7. The molecule has 6 fully saturated rings. The van der Waals surface area contributed by atoms with Gasteiger partial charge in [-0.3, -0.25) is 28.3 Å². The summed E-state index contributed by atoms with van der Waals surface area (Å²) in [5.41, 5.74) is 9.80. The van der Waals surface area contributed by atoms with Gasteiger partial charge in [0.25, 0.3) is 17.8 Å². The second-order valence-corrected chi connectivity index (χ2v) is 34.9. The van der Waals surface area contributed by atoms with E-state index in [0.717, 1.165) is 73.3 Å². The molecule has 11 rings (SSSR count). The van der Waals surface area contributed by atoms with E-state index in [1.165, 1.54) is 24.1 Å². The Bertz CT molecular complexity index is 4020. The van der Waals surface area contributed by atoms with Gasteiger partial charge in [0.05, 0.1) is 25.8 Å². The van der Waals surface area contributed by atoms with Gasteiger partial charge in [-0.1, -0.05) is 35.3 Å². The monoisotopic (exact) mass is 1650 g/mol. The zero-order valence-corrected chi connectivity index (χ0v) is 65.5. The van der Waals surface area contributed by atoms with E-state index in [1.54, 1.807) is 74.4 Å². The van der Waals surface area contributed by atoms with Crippen molar-refractivity contribution in [1.29, 1.82) is 4.78 Å². The number of hydrogen-bond acceptors (Lipinski definition) is 15. The number of nitrogens with zero attached hydrogens (tertiary/aromatic N) is 3. The van der Waals surface area contributed by atoms with Crippen LogP contribution < -0.4 is 44.6 Å². The van der Waals surface area contributed by atoms with E-state index >= 15 is 0 Å². The number of likely N-dealkylation sites (tertiary alicyclic amines) is 2. The summed E-state index contributed by atoms with van der Waals surface area (Å²) in [7, 11) is -4.08. The van der Waals surface area contributed by atoms with Crippen molar-refractivity contribution in [3.05, 3.63) is 162 Å². The number of carboxylic acid groups (broad SMARTS) is 3. The number of hydrogen-bond donors (Lipinski definition) is 8. The van der Waals surface area contributed by atoms with E-state index in [2.05, 4.69) is 11.1 Å². The molecule has 0 spiro atoms. The van der Waals surface area contributed by atoms with Crippen molar-refractivity contribution in [3.63, 3.8) is 0 Å². The SMILES string of the molecule is CC(=O)O.CC(=O)O[I-]c1ccccc1.CC(C)(C)OC(=O)N1[C@@H](C(=O)O)C[C@H]2C[C@H]21.CS(=N)(=O)c1cccc(C(=O)N2[C@@H](C(=O)N[C@@H](c3cc(F)c(Cl)cc3F)C3CC3)C[C@H]3C[C@H]32)c1.CS(=O)c1cccc(C(=O)N(C(C)(C)C)C(C)(C)C)c1.N.NC(=O)O.N[C@@H](c1cc(F)c(Cl)cc1F)C1CC1. The van der Waals surface area contributed by atoms with Crippen molar-refractivity contribution in [2.45, 2.75) is 190 Å². The minimum absolute atomic E-state index is 0. The summed E-state index contributed by atoms with van der Waals surface area (Å²) >= 11 is 10.6. The van der Waals surface area contributed by atoms with Gasteiger partial charge in [0.15, 0.2) is 0 Å². The Hall–Kier alpha value is -7.49. The number of amides is 5. The standard InChI is InChI=1S/C24H24ClF2N3O3S.C16H25NO2S.C11H17NO4.C10H10ClF2N.C8H8IO2.C2H4O2.CH3NO2.H3N/c1-34(28,33)15-4-2-3-13(7-15)24(32)30-20-8-14(20)9-21(30)23(31)29-22(12-5-6-12)16-10-19(27)17(25)11-18(16)26;1-15(2,3)17(16(4,5)6)14(18)12-9-8-10-13(11-12)20(7)19;1-11(2,3)16-10(15)12-7-4-6(7)5-8(12)9(13)14;11-7-4-8(12)6(3-9(7)13)10(14)5-1-2-5;1-7(10)11-9-8-5-3-2-4-6-8;1-2(3)4;2-1(3)4;/h2-4,7,10-12,14,20-22,28H,5-6,8-9H2,1H3,(H,29,31);8-11H,1-7H3;6-8H,4-5H2,1-3H3,(H,13,14);3-5,10H,1-2,14H2;2-6H,1H3;1H3,(H,3,4);2H2,(H,3,4);1H3/q;;;;-1;;;/t14-,20-,21-,22-,34?;;6-,7-,8-;10-;;;;/m1.11..../s1. The van der Waals surface area contributed by atoms with Crippen LogP contribution in [0.5, 0.6) is 0 Å². The van der Waals surface area contributed by atoms with Gasteiger partial charge in [0, 0.05) is 91.5 Å². The van der Waals surface area contributed by atoms with E-state index in [0.29, 0.717) is 35.1 Å². The molecule has 5 aromatic rings. The Morgan fingerprint density at radius 2 is 1.15 bits per heavy atom. The van der Waals surface area contributed by atoms with E-state index in [4.69, 9.17) is 66.4 Å². The molecule has 5 amide bonds. The van der Waals surface area contributed by atoms with Crippen LogP contribution in [0.15, 0.2) is 113 Å². The summed E-state index contributed by atoms with van der Waals surface area (Å²) in [6, 6.07) is 24.5. The fourth-order valence-corrected chi connectivity index (χ4v) is 14.6. The number of rotatable bonds is 13. The van der Waals surface area contributed by atoms with Crippen LogP contribution in [0.2, 0.25) is 10.0 Å². The van der Waals surface area contributed by atoms with Gasteiger partial charge in [-0.25, -0.2) is 40.9 Å². The minimum atomic E-state index is -3.00. The number of carbonyl (C=O) groups is 8. The Kier molecular flexibility index (Phi) is 32.2. The summed E-state index contributed by atoms with van der Waals surface area (Å²) in [5.74, 6) is -4.43. The first-order valence-corrected chi connectivity index (χ1v) is 39.0. The molecule has 0 bridgehead atoms. The van der Waals surface area contributed by atoms with Crippen LogP contribution >= 0.6 is 23.2 Å². The predicted octanol–water partition coefficient (Wildman–Crippen LogP) is 10.8. The second kappa shape index (κ2) is 37.7. The second-order valence-electron chi connectivity index (χ2n) is 28.5. The first-order chi connectivity index (χ1) is 47.6. The molecule has 104 heavy (non-hydrogen) atoms. The fourth-order valence-electron chi connectivity index (χ4n) is 11.8. The summed E-state index contributed by atoms with van der Waals surface area (Å²) in [4.78, 5) is 96.4. The molecule has 4 saturated carbocycles. The van der Waals surface area contributed by atoms with Gasteiger partial charge in [-0.2, -0.15) is 0 Å². The number of fused-ring (bicyclic) bond motifs is 2. The summed E-state index contributed by atoms with van der Waals surface area (Å²) in [5, 5.41) is 26.0. The molecule has 2 aliphatic heterocycles. The number of aliphatic carboxylic acids is 2. The third kappa shape index (κ3) is 27.1. The maximum atomic E-state index is 14.6. The number of primary amides is 1. The van der Waals surface area contributed by atoms with E-state index in [9.17, 15) is 54.7 Å². The molecule has 32 heteroatoms. The molecule has 2 unspecified atom stereocenters. The number of piperidine rings is 2. The minimum Gasteiger partial charge on any atom is -0.480 e. The third-order valence-electron chi connectivity index (χ3n) is 16.4. The molecule has 0 aromatic heterocycles. The fraction of sp³-hybridized carbons (Fsp3) is 0.472. The van der Waals surface area contributed by atoms with Crippen molar-refractivity contribution in [2.75, 3.05) is 12.5 Å². The number of carbonyl (C=O) groups excluding carboxylic acids is 5. The number of nitrogens with two attached hydrogens (primary N) is 2. The van der Waals surface area contributed by atoms with Crippen molar-refractivity contribution in [1.82, 2.24) is 26.2 Å². The van der Waals surface area contributed by atoms with Crippen LogP contribution in [0.25, 0.3) is 0 Å². The Balaban J connectivity index is 0.000000282. The van der Waals surface area contributed by atoms with Crippen LogP contribution in [-0.4, -0.2) is 140 Å². The van der Waals surface area contributed by atoms with Crippen molar-refractivity contribution >= 4 is 91.5 Å². The summed E-state index contributed by atoms with van der Waals surface area (Å²) in [6.45, 7) is 20.0. The average molecular weight is 1650 g/mol. The Morgan fingerprint density at radius 3 is 1.62 bits per heavy atom. The normalized spacial score (nSPS) is 20.0. The molecule has 12 N–H and O–H groups in total. The van der Waals surface area contributed by atoms with Gasteiger partial charge in [-0.05, 0) is 198 Å². The smallest absolute Gasteiger partial charge is 0.411 e. The molecule has 2 heterocycles. The van der Waals surface area contributed by atoms with Crippen molar-refractivity contribution in [3.8, 4) is 0 Å². The first kappa shape index (κ1) is 88.9. The molecular weight excluding hydrogens is 1550 g/mol. The predicted molar refractivity (Wildman–Crippen MR) is 382 cm³/mol. The third-order valence-corrected chi connectivity index (χ3v) is 21.1. The van der Waals surface area contributed by atoms with Gasteiger partial charge in [-0.15, -0.1) is 0 Å². The van der Waals surface area contributed by atoms with Crippen LogP contribution in [-0.2, 0) is 47.5 Å². The maximum absolute atomic E-state index is 14.6. The van der Waals surface area contributed by atoms with E-state index in [-0.39, 0.29) is 90.6 Å². The van der Waals surface area contributed by atoms with E-state index < -0.39 is 125 Å². The molecule has 10 atom stereocenters. The van der Waals surface area contributed by atoms with Crippen LogP contribution in [0.3, 0.4) is 0 Å². The molecule has 574 valence electrons.